The number of anilines is 1. The molecular formula is C22H24N2O3. The molecular weight excluding hydrogens is 340 g/mol. The number of morpholine rings is 1. The van der Waals surface area contributed by atoms with E-state index in [4.69, 9.17) is 14.2 Å². The molecule has 5 heteroatoms. The highest BCUT2D eigenvalue weighted by Crippen LogP contribution is 2.26. The normalized spacial score (nSPS) is 14.4. The molecule has 0 saturated carbocycles. The molecule has 4 rings (SSSR count). The van der Waals surface area contributed by atoms with Gasteiger partial charge in [0.1, 0.15) is 11.5 Å². The molecule has 1 aromatic heterocycles. The van der Waals surface area contributed by atoms with E-state index in [9.17, 15) is 0 Å². The molecule has 1 fully saturated rings. The van der Waals surface area contributed by atoms with E-state index in [1.165, 1.54) is 5.56 Å². The molecule has 0 bridgehead atoms. The summed E-state index contributed by atoms with van der Waals surface area (Å²) in [5, 5.41) is 1.16. The van der Waals surface area contributed by atoms with Crippen molar-refractivity contribution in [2.24, 2.45) is 0 Å². The Morgan fingerprint density at radius 1 is 0.926 bits per heavy atom. The van der Waals surface area contributed by atoms with Gasteiger partial charge in [-0.1, -0.05) is 6.07 Å². The van der Waals surface area contributed by atoms with Crippen LogP contribution in [0.25, 0.3) is 10.9 Å². The van der Waals surface area contributed by atoms with Gasteiger partial charge in [0.05, 0.1) is 44.8 Å². The van der Waals surface area contributed by atoms with Crippen molar-refractivity contribution >= 4 is 16.6 Å². The third-order valence-electron chi connectivity index (χ3n) is 4.93. The van der Waals surface area contributed by atoms with Crippen LogP contribution in [-0.4, -0.2) is 45.5 Å². The third kappa shape index (κ3) is 3.98. The van der Waals surface area contributed by atoms with Gasteiger partial charge in [0.25, 0.3) is 0 Å². The second kappa shape index (κ2) is 7.84. The fraction of sp³-hybridized carbons (Fsp3) is 0.318. The minimum Gasteiger partial charge on any atom is -0.497 e. The number of fused-ring (bicyclic) bond motifs is 1. The number of hydrogen-bond donors (Lipinski definition) is 0. The van der Waals surface area contributed by atoms with Crippen LogP contribution in [0, 0.1) is 0 Å². The summed E-state index contributed by atoms with van der Waals surface area (Å²) in [6.07, 6.45) is 2.77. The zero-order chi connectivity index (χ0) is 18.6. The minimum absolute atomic E-state index is 0.774. The van der Waals surface area contributed by atoms with Crippen molar-refractivity contribution in [2.75, 3.05) is 45.4 Å². The Balaban J connectivity index is 1.62. The van der Waals surface area contributed by atoms with E-state index in [0.717, 1.165) is 66.4 Å². The highest BCUT2D eigenvalue weighted by Gasteiger charge is 2.12. The van der Waals surface area contributed by atoms with Gasteiger partial charge in [0, 0.05) is 24.5 Å². The Bertz CT molecular complexity index is 914. The zero-order valence-corrected chi connectivity index (χ0v) is 15.8. The van der Waals surface area contributed by atoms with Crippen molar-refractivity contribution in [3.8, 4) is 11.5 Å². The quantitative estimate of drug-likeness (QED) is 0.691. The number of methoxy groups -OCH3 is 2. The van der Waals surface area contributed by atoms with Crippen LogP contribution >= 0.6 is 0 Å². The second-order valence-electron chi connectivity index (χ2n) is 6.72. The Morgan fingerprint density at radius 2 is 1.67 bits per heavy atom. The lowest BCUT2D eigenvalue weighted by atomic mass is 10.0. The molecule has 0 unspecified atom stereocenters. The summed E-state index contributed by atoms with van der Waals surface area (Å²) in [6.45, 7) is 3.37. The van der Waals surface area contributed by atoms with Gasteiger partial charge in [-0.3, -0.25) is 4.98 Å². The molecule has 1 saturated heterocycles. The van der Waals surface area contributed by atoms with Gasteiger partial charge in [-0.05, 0) is 47.9 Å². The first-order valence-corrected chi connectivity index (χ1v) is 9.18. The van der Waals surface area contributed by atoms with E-state index >= 15 is 0 Å². The number of benzene rings is 2. The second-order valence-corrected chi connectivity index (χ2v) is 6.72. The molecule has 2 aromatic carbocycles. The number of rotatable bonds is 5. The van der Waals surface area contributed by atoms with Gasteiger partial charge in [-0.25, -0.2) is 0 Å². The van der Waals surface area contributed by atoms with Crippen LogP contribution in [0.2, 0.25) is 0 Å². The van der Waals surface area contributed by atoms with Crippen molar-refractivity contribution < 1.29 is 14.2 Å². The predicted molar refractivity (Wildman–Crippen MR) is 107 cm³/mol. The Morgan fingerprint density at radius 3 is 2.37 bits per heavy atom. The maximum Gasteiger partial charge on any atom is 0.122 e. The Hall–Kier alpha value is -2.79. The number of pyridine rings is 1. The Kier molecular flexibility index (Phi) is 5.12. The van der Waals surface area contributed by atoms with Gasteiger partial charge in [0.15, 0.2) is 0 Å². The van der Waals surface area contributed by atoms with E-state index in [2.05, 4.69) is 46.3 Å². The molecule has 27 heavy (non-hydrogen) atoms. The van der Waals surface area contributed by atoms with Crippen molar-refractivity contribution in [3.05, 3.63) is 59.8 Å². The summed E-state index contributed by atoms with van der Waals surface area (Å²) in [5.74, 6) is 1.61. The van der Waals surface area contributed by atoms with E-state index < -0.39 is 0 Å². The topological polar surface area (TPSA) is 43.8 Å². The van der Waals surface area contributed by atoms with Crippen molar-refractivity contribution in [3.63, 3.8) is 0 Å². The largest absolute Gasteiger partial charge is 0.497 e. The average Bonchev–Trinajstić information content (AvgIpc) is 2.73. The summed E-state index contributed by atoms with van der Waals surface area (Å²) < 4.78 is 16.2. The monoisotopic (exact) mass is 364 g/mol. The summed E-state index contributed by atoms with van der Waals surface area (Å²) >= 11 is 0. The van der Waals surface area contributed by atoms with E-state index in [0.29, 0.717) is 0 Å². The molecule has 0 amide bonds. The summed E-state index contributed by atoms with van der Waals surface area (Å²) in [6, 6.07) is 14.7. The zero-order valence-electron chi connectivity index (χ0n) is 15.8. The van der Waals surface area contributed by atoms with Crippen LogP contribution in [0.15, 0.2) is 48.7 Å². The number of hydrogen-bond acceptors (Lipinski definition) is 5. The molecule has 3 aromatic rings. The van der Waals surface area contributed by atoms with Crippen molar-refractivity contribution in [2.45, 2.75) is 6.42 Å². The summed E-state index contributed by atoms with van der Waals surface area (Å²) in [5.41, 5.74) is 4.56. The fourth-order valence-corrected chi connectivity index (χ4v) is 3.48. The van der Waals surface area contributed by atoms with Crippen LogP contribution in [0.3, 0.4) is 0 Å². The first kappa shape index (κ1) is 17.6. The first-order chi connectivity index (χ1) is 13.2. The lowest BCUT2D eigenvalue weighted by Crippen LogP contribution is -2.36. The van der Waals surface area contributed by atoms with E-state index in [1.807, 2.05) is 12.3 Å². The number of aromatic nitrogens is 1. The molecule has 1 aliphatic heterocycles. The smallest absolute Gasteiger partial charge is 0.122 e. The molecule has 140 valence electrons. The van der Waals surface area contributed by atoms with Crippen LogP contribution in [-0.2, 0) is 11.2 Å². The number of nitrogens with zero attached hydrogens (tertiary/aromatic N) is 2. The van der Waals surface area contributed by atoms with Crippen LogP contribution < -0.4 is 14.4 Å². The predicted octanol–water partition coefficient (Wildman–Crippen LogP) is 3.68. The molecule has 1 aliphatic rings. The van der Waals surface area contributed by atoms with Gasteiger partial charge >= 0.3 is 0 Å². The first-order valence-electron chi connectivity index (χ1n) is 9.18. The standard InChI is InChI=1S/C22H24N2O3/c1-25-20-11-17(12-21(14-20)26-2)9-16-3-4-22-18(10-16)13-19(15-23-22)24-5-7-27-8-6-24/h3-4,10-15H,5-9H2,1-2H3. The molecule has 0 spiro atoms. The number of ether oxygens (including phenoxy) is 3. The molecule has 0 aliphatic carbocycles. The molecule has 0 N–H and O–H groups in total. The van der Waals surface area contributed by atoms with Gasteiger partial charge in [-0.2, -0.15) is 0 Å². The average molecular weight is 364 g/mol. The highest BCUT2D eigenvalue weighted by atomic mass is 16.5. The summed E-state index contributed by atoms with van der Waals surface area (Å²) in [7, 11) is 3.35. The fourth-order valence-electron chi connectivity index (χ4n) is 3.48. The highest BCUT2D eigenvalue weighted by molar-refractivity contribution is 5.82. The van der Waals surface area contributed by atoms with Crippen LogP contribution in [0.4, 0.5) is 5.69 Å². The molecule has 5 nitrogen and oxygen atoms in total. The van der Waals surface area contributed by atoms with E-state index in [1.54, 1.807) is 14.2 Å². The molecule has 0 radical (unpaired) electrons. The summed E-state index contributed by atoms with van der Waals surface area (Å²) in [4.78, 5) is 6.97. The SMILES string of the molecule is COc1cc(Cc2ccc3ncc(N4CCOCC4)cc3c2)cc(OC)c1. The van der Waals surface area contributed by atoms with Crippen LogP contribution in [0.1, 0.15) is 11.1 Å². The van der Waals surface area contributed by atoms with Gasteiger partial charge in [0.2, 0.25) is 0 Å². The van der Waals surface area contributed by atoms with Crippen molar-refractivity contribution in [1.29, 1.82) is 0 Å². The molecule has 2 heterocycles. The maximum atomic E-state index is 5.45. The lowest BCUT2D eigenvalue weighted by Gasteiger charge is -2.28. The van der Waals surface area contributed by atoms with Gasteiger partial charge < -0.3 is 19.1 Å². The minimum atomic E-state index is 0.774. The van der Waals surface area contributed by atoms with Crippen LogP contribution in [0.5, 0.6) is 11.5 Å². The van der Waals surface area contributed by atoms with E-state index in [-0.39, 0.29) is 0 Å². The van der Waals surface area contributed by atoms with Crippen molar-refractivity contribution in [1.82, 2.24) is 4.98 Å². The maximum absolute atomic E-state index is 5.45. The Labute approximate surface area is 159 Å². The third-order valence-corrected chi connectivity index (χ3v) is 4.93. The lowest BCUT2D eigenvalue weighted by molar-refractivity contribution is 0.122. The van der Waals surface area contributed by atoms with Gasteiger partial charge in [-0.15, -0.1) is 0 Å². The molecule has 0 atom stereocenters.